The number of benzene rings is 1. The molecule has 16 heavy (non-hydrogen) atoms. The van der Waals surface area contributed by atoms with E-state index in [1.807, 2.05) is 0 Å². The lowest BCUT2D eigenvalue weighted by atomic mass is 10.1. The van der Waals surface area contributed by atoms with Crippen molar-refractivity contribution in [3.63, 3.8) is 0 Å². The highest BCUT2D eigenvalue weighted by Gasteiger charge is 2.10. The predicted molar refractivity (Wildman–Crippen MR) is 63.9 cm³/mol. The Balaban J connectivity index is 2.71. The molecule has 2 atom stereocenters. The lowest BCUT2D eigenvalue weighted by Crippen LogP contribution is -2.09. The van der Waals surface area contributed by atoms with Crippen LogP contribution in [0.5, 0.6) is 5.75 Å². The van der Waals surface area contributed by atoms with Crippen molar-refractivity contribution in [1.82, 2.24) is 0 Å². The van der Waals surface area contributed by atoms with Crippen molar-refractivity contribution in [1.29, 1.82) is 0 Å². The van der Waals surface area contributed by atoms with Gasteiger partial charge in [-0.05, 0) is 32.0 Å². The number of aliphatic hydroxyl groups is 2. The normalized spacial score (nSPS) is 14.6. The Hall–Kier alpha value is -0.770. The van der Waals surface area contributed by atoms with E-state index < -0.39 is 6.10 Å². The molecule has 0 fully saturated rings. The average Bonchev–Trinajstić information content (AvgIpc) is 2.19. The number of hydrogen-bond donors (Lipinski definition) is 2. The number of halogens is 1. The van der Waals surface area contributed by atoms with Crippen LogP contribution in [0.2, 0.25) is 5.02 Å². The van der Waals surface area contributed by atoms with E-state index in [0.717, 1.165) is 0 Å². The predicted octanol–water partition coefficient (Wildman–Crippen LogP) is 2.54. The maximum absolute atomic E-state index is 9.55. The summed E-state index contributed by atoms with van der Waals surface area (Å²) in [6, 6.07) is 5.13. The molecule has 4 heteroatoms. The zero-order valence-corrected chi connectivity index (χ0v) is 10.2. The van der Waals surface area contributed by atoms with Gasteiger partial charge in [0.1, 0.15) is 5.75 Å². The first-order valence-corrected chi connectivity index (χ1v) is 5.67. The van der Waals surface area contributed by atoms with Gasteiger partial charge >= 0.3 is 0 Å². The van der Waals surface area contributed by atoms with Crippen LogP contribution in [0.1, 0.15) is 31.9 Å². The van der Waals surface area contributed by atoms with Crippen molar-refractivity contribution in [2.75, 3.05) is 6.61 Å². The summed E-state index contributed by atoms with van der Waals surface area (Å²) in [4.78, 5) is 0. The Morgan fingerprint density at radius 1 is 1.31 bits per heavy atom. The topological polar surface area (TPSA) is 49.7 Å². The molecule has 0 spiro atoms. The fraction of sp³-hybridized carbons (Fsp3) is 0.500. The van der Waals surface area contributed by atoms with E-state index in [2.05, 4.69) is 0 Å². The lowest BCUT2D eigenvalue weighted by molar-refractivity contribution is 0.151. The van der Waals surface area contributed by atoms with Crippen molar-refractivity contribution in [2.24, 2.45) is 0 Å². The molecule has 2 N–H and O–H groups in total. The summed E-state index contributed by atoms with van der Waals surface area (Å²) in [5, 5.41) is 19.2. The van der Waals surface area contributed by atoms with Gasteiger partial charge in [0, 0.05) is 17.0 Å². The van der Waals surface area contributed by atoms with Crippen molar-refractivity contribution >= 4 is 11.6 Å². The van der Waals surface area contributed by atoms with Gasteiger partial charge in [-0.3, -0.25) is 0 Å². The van der Waals surface area contributed by atoms with Crippen LogP contribution < -0.4 is 4.74 Å². The molecular formula is C12H17ClO3. The van der Waals surface area contributed by atoms with Crippen LogP contribution in [0.15, 0.2) is 18.2 Å². The second-order valence-corrected chi connectivity index (χ2v) is 4.28. The Bertz CT molecular complexity index is 337. The quantitative estimate of drug-likeness (QED) is 0.837. The van der Waals surface area contributed by atoms with Crippen molar-refractivity contribution in [3.05, 3.63) is 28.8 Å². The highest BCUT2D eigenvalue weighted by Crippen LogP contribution is 2.28. The molecule has 0 amide bonds. The smallest absolute Gasteiger partial charge is 0.125 e. The van der Waals surface area contributed by atoms with E-state index in [1.165, 1.54) is 0 Å². The number of rotatable bonds is 5. The third-order valence-corrected chi connectivity index (χ3v) is 2.45. The van der Waals surface area contributed by atoms with Crippen molar-refractivity contribution in [3.8, 4) is 5.75 Å². The summed E-state index contributed by atoms with van der Waals surface area (Å²) in [5.41, 5.74) is 0.665. The Kier molecular flexibility index (Phi) is 5.06. The molecule has 1 aromatic carbocycles. The highest BCUT2D eigenvalue weighted by molar-refractivity contribution is 6.30. The van der Waals surface area contributed by atoms with Crippen molar-refractivity contribution < 1.29 is 14.9 Å². The van der Waals surface area contributed by atoms with E-state index in [-0.39, 0.29) is 6.10 Å². The second-order valence-electron chi connectivity index (χ2n) is 3.84. The number of aliphatic hydroxyl groups excluding tert-OH is 2. The summed E-state index contributed by atoms with van der Waals surface area (Å²) >= 11 is 5.84. The Morgan fingerprint density at radius 3 is 2.56 bits per heavy atom. The first-order valence-electron chi connectivity index (χ1n) is 5.29. The summed E-state index contributed by atoms with van der Waals surface area (Å²) in [7, 11) is 0. The molecule has 0 bridgehead atoms. The fourth-order valence-electron chi connectivity index (χ4n) is 1.32. The number of hydrogen-bond acceptors (Lipinski definition) is 3. The third-order valence-electron chi connectivity index (χ3n) is 2.22. The fourth-order valence-corrected chi connectivity index (χ4v) is 1.50. The maximum atomic E-state index is 9.55. The molecular weight excluding hydrogens is 228 g/mol. The molecule has 1 aromatic rings. The van der Waals surface area contributed by atoms with E-state index in [9.17, 15) is 5.11 Å². The molecule has 0 aliphatic rings. The maximum Gasteiger partial charge on any atom is 0.125 e. The molecule has 3 nitrogen and oxygen atoms in total. The molecule has 0 heterocycles. The van der Waals surface area contributed by atoms with Crippen LogP contribution in [0.4, 0.5) is 0 Å². The molecule has 0 aromatic heterocycles. The molecule has 1 rings (SSSR count). The summed E-state index contributed by atoms with van der Waals surface area (Å²) in [6.45, 7) is 3.78. The third kappa shape index (κ3) is 4.00. The van der Waals surface area contributed by atoms with Gasteiger partial charge in [0.15, 0.2) is 0 Å². The highest BCUT2D eigenvalue weighted by atomic mass is 35.5. The zero-order chi connectivity index (χ0) is 12.1. The van der Waals surface area contributed by atoms with Crippen LogP contribution in [-0.2, 0) is 0 Å². The van der Waals surface area contributed by atoms with Gasteiger partial charge in [0.2, 0.25) is 0 Å². The van der Waals surface area contributed by atoms with Crippen LogP contribution in [-0.4, -0.2) is 22.9 Å². The van der Waals surface area contributed by atoms with E-state index in [0.29, 0.717) is 29.4 Å². The monoisotopic (exact) mass is 244 g/mol. The van der Waals surface area contributed by atoms with Gasteiger partial charge in [-0.25, -0.2) is 0 Å². The molecule has 0 radical (unpaired) electrons. The molecule has 0 aliphatic carbocycles. The van der Waals surface area contributed by atoms with Crippen LogP contribution >= 0.6 is 11.6 Å². The van der Waals surface area contributed by atoms with Gasteiger partial charge in [-0.15, -0.1) is 0 Å². The van der Waals surface area contributed by atoms with E-state index in [4.69, 9.17) is 21.4 Å². The van der Waals surface area contributed by atoms with Gasteiger partial charge < -0.3 is 14.9 Å². The first-order chi connectivity index (χ1) is 7.50. The lowest BCUT2D eigenvalue weighted by Gasteiger charge is -2.14. The minimum absolute atomic E-state index is 0.387. The molecule has 90 valence electrons. The van der Waals surface area contributed by atoms with Gasteiger partial charge in [-0.2, -0.15) is 0 Å². The largest absolute Gasteiger partial charge is 0.493 e. The SMILES string of the molecule is CC(O)CCOc1ccc(Cl)cc1C(C)O. The van der Waals surface area contributed by atoms with E-state index >= 15 is 0 Å². The van der Waals surface area contributed by atoms with Crippen molar-refractivity contribution in [2.45, 2.75) is 32.5 Å². The summed E-state index contributed by atoms with van der Waals surface area (Å²) < 4.78 is 5.49. The van der Waals surface area contributed by atoms with E-state index in [1.54, 1.807) is 32.0 Å². The van der Waals surface area contributed by atoms with Crippen LogP contribution in [0.3, 0.4) is 0 Å². The minimum Gasteiger partial charge on any atom is -0.493 e. The standard InChI is InChI=1S/C12H17ClO3/c1-8(14)5-6-16-12-4-3-10(13)7-11(12)9(2)15/h3-4,7-9,14-15H,5-6H2,1-2H3. The van der Waals surface area contributed by atoms with Gasteiger partial charge in [0.25, 0.3) is 0 Å². The number of ether oxygens (including phenoxy) is 1. The van der Waals surface area contributed by atoms with Crippen LogP contribution in [0, 0.1) is 0 Å². The van der Waals surface area contributed by atoms with Crippen LogP contribution in [0.25, 0.3) is 0 Å². The van der Waals surface area contributed by atoms with Gasteiger partial charge in [-0.1, -0.05) is 11.6 Å². The minimum atomic E-state index is -0.625. The first kappa shape index (κ1) is 13.3. The molecule has 0 saturated carbocycles. The summed E-state index contributed by atoms with van der Waals surface area (Å²) in [6.07, 6.45) is -0.454. The Labute approximate surface area is 101 Å². The molecule has 2 unspecified atom stereocenters. The second kappa shape index (κ2) is 6.09. The summed E-state index contributed by atoms with van der Waals surface area (Å²) in [5.74, 6) is 0.611. The van der Waals surface area contributed by atoms with Gasteiger partial charge in [0.05, 0.1) is 18.8 Å². The molecule has 0 aliphatic heterocycles. The molecule has 0 saturated heterocycles. The average molecular weight is 245 g/mol. The Morgan fingerprint density at radius 2 is 2.00 bits per heavy atom. The zero-order valence-electron chi connectivity index (χ0n) is 9.48.